The average Bonchev–Trinajstić information content (AvgIpc) is 2.83. The lowest BCUT2D eigenvalue weighted by molar-refractivity contribution is 0.414. The molecule has 0 N–H and O–H groups in total. The normalized spacial score (nSPS) is 11.8. The van der Waals surface area contributed by atoms with E-state index in [0.717, 1.165) is 5.39 Å². The van der Waals surface area contributed by atoms with Crippen molar-refractivity contribution in [2.24, 2.45) is 0 Å². The molecule has 0 aliphatic heterocycles. The van der Waals surface area contributed by atoms with E-state index in [0.29, 0.717) is 21.4 Å². The van der Waals surface area contributed by atoms with Crippen molar-refractivity contribution >= 4 is 36.9 Å². The Morgan fingerprint density at radius 2 is 1.82 bits per heavy atom. The molecule has 4 nitrogen and oxygen atoms in total. The molecule has 0 bridgehead atoms. The summed E-state index contributed by atoms with van der Waals surface area (Å²) in [6.45, 7) is 1.79. The highest BCUT2D eigenvalue weighted by Crippen LogP contribution is 2.31. The minimum absolute atomic E-state index is 0.206. The molecule has 0 spiro atoms. The van der Waals surface area contributed by atoms with Gasteiger partial charge in [0.05, 0.1) is 12.6 Å². The number of halogens is 1. The summed E-state index contributed by atoms with van der Waals surface area (Å²) in [7, 11) is -2.15. The van der Waals surface area contributed by atoms with Gasteiger partial charge in [0.25, 0.3) is 10.0 Å². The van der Waals surface area contributed by atoms with Crippen LogP contribution in [0.15, 0.2) is 57.9 Å². The second-order valence-corrected chi connectivity index (χ2v) is 7.52. The summed E-state index contributed by atoms with van der Waals surface area (Å²) < 4.78 is 33.0. The quantitative estimate of drug-likeness (QED) is 0.691. The summed E-state index contributed by atoms with van der Waals surface area (Å²) in [5.41, 5.74) is 1.34. The predicted molar refractivity (Wildman–Crippen MR) is 90.0 cm³/mol. The summed E-state index contributed by atoms with van der Waals surface area (Å²) in [5.74, 6) is 0.597. The van der Waals surface area contributed by atoms with Crippen LogP contribution in [0.2, 0.25) is 0 Å². The van der Waals surface area contributed by atoms with Crippen LogP contribution in [-0.4, -0.2) is 19.5 Å². The number of aromatic nitrogens is 1. The minimum Gasteiger partial charge on any atom is -0.497 e. The first-order valence-electron chi connectivity index (χ1n) is 6.61. The van der Waals surface area contributed by atoms with Crippen LogP contribution in [0.1, 0.15) is 5.69 Å². The van der Waals surface area contributed by atoms with Crippen molar-refractivity contribution in [1.82, 2.24) is 3.97 Å². The fraction of sp³-hybridized carbons (Fsp3) is 0.125. The maximum Gasteiger partial charge on any atom is 0.269 e. The average molecular weight is 380 g/mol. The maximum atomic E-state index is 13.0. The van der Waals surface area contributed by atoms with Gasteiger partial charge in [0.1, 0.15) is 10.6 Å². The number of benzene rings is 2. The number of nitrogens with zero attached hydrogens (tertiary/aromatic N) is 1. The van der Waals surface area contributed by atoms with Crippen molar-refractivity contribution in [3.05, 3.63) is 58.7 Å². The molecule has 0 radical (unpaired) electrons. The topological polar surface area (TPSA) is 48.3 Å². The summed E-state index contributed by atoms with van der Waals surface area (Å²) in [6, 6.07) is 14.1. The molecule has 22 heavy (non-hydrogen) atoms. The fourth-order valence-corrected chi connectivity index (χ4v) is 5.07. The Balaban J connectivity index is 2.27. The van der Waals surface area contributed by atoms with Gasteiger partial charge in [0.2, 0.25) is 0 Å². The molecule has 114 valence electrons. The van der Waals surface area contributed by atoms with Gasteiger partial charge in [0, 0.05) is 15.6 Å². The van der Waals surface area contributed by atoms with Crippen LogP contribution in [0.25, 0.3) is 10.9 Å². The number of aryl methyl sites for hydroxylation is 1. The van der Waals surface area contributed by atoms with Gasteiger partial charge in [-0.2, -0.15) is 0 Å². The van der Waals surface area contributed by atoms with Crippen LogP contribution in [-0.2, 0) is 10.0 Å². The van der Waals surface area contributed by atoms with Gasteiger partial charge >= 0.3 is 0 Å². The Morgan fingerprint density at radius 1 is 1.09 bits per heavy atom. The molecule has 0 fully saturated rings. The molecular formula is C16H14BrNO3S. The van der Waals surface area contributed by atoms with Crippen LogP contribution < -0.4 is 4.74 Å². The van der Waals surface area contributed by atoms with Crippen LogP contribution in [0.3, 0.4) is 0 Å². The van der Waals surface area contributed by atoms with Gasteiger partial charge in [-0.15, -0.1) is 0 Å². The van der Waals surface area contributed by atoms with Crippen LogP contribution >= 0.6 is 15.9 Å². The van der Waals surface area contributed by atoms with Gasteiger partial charge in [-0.25, -0.2) is 12.4 Å². The largest absolute Gasteiger partial charge is 0.497 e. The predicted octanol–water partition coefficient (Wildman–Crippen LogP) is 3.96. The molecule has 3 rings (SSSR count). The molecule has 0 atom stereocenters. The first-order valence-corrected chi connectivity index (χ1v) is 8.84. The molecule has 0 saturated heterocycles. The molecule has 6 heteroatoms. The van der Waals surface area contributed by atoms with E-state index >= 15 is 0 Å². The number of para-hydroxylation sites is 1. The first kappa shape index (κ1) is 15.1. The van der Waals surface area contributed by atoms with Crippen LogP contribution in [0, 0.1) is 6.92 Å². The van der Waals surface area contributed by atoms with E-state index in [9.17, 15) is 8.42 Å². The molecule has 1 heterocycles. The van der Waals surface area contributed by atoms with Crippen molar-refractivity contribution < 1.29 is 13.2 Å². The maximum absolute atomic E-state index is 13.0. The molecule has 3 aromatic rings. The van der Waals surface area contributed by atoms with E-state index in [1.165, 1.54) is 3.97 Å². The number of methoxy groups -OCH3 is 1. The number of rotatable bonds is 3. The summed E-state index contributed by atoms with van der Waals surface area (Å²) >= 11 is 3.33. The third-order valence-electron chi connectivity index (χ3n) is 3.50. The highest BCUT2D eigenvalue weighted by Gasteiger charge is 2.23. The third kappa shape index (κ3) is 2.32. The summed E-state index contributed by atoms with van der Waals surface area (Å²) in [4.78, 5) is 0.206. The van der Waals surface area contributed by atoms with Gasteiger partial charge < -0.3 is 4.74 Å². The van der Waals surface area contributed by atoms with Crippen molar-refractivity contribution in [2.45, 2.75) is 11.8 Å². The van der Waals surface area contributed by atoms with Crippen molar-refractivity contribution in [3.63, 3.8) is 0 Å². The van der Waals surface area contributed by atoms with Gasteiger partial charge in [-0.05, 0) is 53.2 Å². The van der Waals surface area contributed by atoms with Gasteiger partial charge in [0.15, 0.2) is 0 Å². The molecule has 0 aliphatic rings. The lowest BCUT2D eigenvalue weighted by atomic mass is 10.2. The van der Waals surface area contributed by atoms with E-state index < -0.39 is 10.0 Å². The highest BCUT2D eigenvalue weighted by atomic mass is 79.9. The second kappa shape index (κ2) is 5.44. The van der Waals surface area contributed by atoms with Crippen molar-refractivity contribution in [2.75, 3.05) is 7.11 Å². The Morgan fingerprint density at radius 3 is 2.50 bits per heavy atom. The number of fused-ring (bicyclic) bond motifs is 1. The Bertz CT molecular complexity index is 961. The molecular weight excluding hydrogens is 366 g/mol. The number of ether oxygens (including phenoxy) is 1. The zero-order valence-electron chi connectivity index (χ0n) is 12.1. The standard InChI is InChI=1S/C16H14BrNO3S/c1-11-9-12-5-3-4-6-15(12)18(11)22(19,20)16-8-7-13(21-2)10-14(16)17/h3-10H,1-2H3. The lowest BCUT2D eigenvalue weighted by Gasteiger charge is -2.12. The van der Waals surface area contributed by atoms with Gasteiger partial charge in [-0.3, -0.25) is 0 Å². The monoisotopic (exact) mass is 379 g/mol. The van der Waals surface area contributed by atoms with Crippen molar-refractivity contribution in [3.8, 4) is 5.75 Å². The van der Waals surface area contributed by atoms with Gasteiger partial charge in [-0.1, -0.05) is 18.2 Å². The molecule has 1 aromatic heterocycles. The van der Waals surface area contributed by atoms with Crippen molar-refractivity contribution in [1.29, 1.82) is 0 Å². The molecule has 0 aliphatic carbocycles. The minimum atomic E-state index is -3.69. The van der Waals surface area contributed by atoms with E-state index in [4.69, 9.17) is 4.74 Å². The summed E-state index contributed by atoms with van der Waals surface area (Å²) in [5, 5.41) is 0.896. The first-order chi connectivity index (χ1) is 10.4. The molecule has 2 aromatic carbocycles. The van der Waals surface area contributed by atoms with E-state index in [1.54, 1.807) is 38.3 Å². The molecule has 0 amide bonds. The van der Waals surface area contributed by atoms with E-state index in [1.807, 2.05) is 24.3 Å². The molecule has 0 unspecified atom stereocenters. The summed E-state index contributed by atoms with van der Waals surface area (Å²) in [6.07, 6.45) is 0. The zero-order chi connectivity index (χ0) is 15.9. The third-order valence-corrected chi connectivity index (χ3v) is 6.29. The Hall–Kier alpha value is -1.79. The van der Waals surface area contributed by atoms with Crippen LogP contribution in [0.4, 0.5) is 0 Å². The SMILES string of the molecule is COc1ccc(S(=O)(=O)n2c(C)cc3ccccc32)c(Br)c1. The van der Waals surface area contributed by atoms with E-state index in [-0.39, 0.29) is 4.90 Å². The zero-order valence-corrected chi connectivity index (χ0v) is 14.5. The number of hydrogen-bond donors (Lipinski definition) is 0. The number of hydrogen-bond acceptors (Lipinski definition) is 3. The Labute approximate surface area is 137 Å². The smallest absolute Gasteiger partial charge is 0.269 e. The lowest BCUT2D eigenvalue weighted by Crippen LogP contribution is -2.14. The molecule has 0 saturated carbocycles. The Kier molecular flexibility index (Phi) is 3.74. The van der Waals surface area contributed by atoms with Crippen LogP contribution in [0.5, 0.6) is 5.75 Å². The highest BCUT2D eigenvalue weighted by molar-refractivity contribution is 9.10. The van der Waals surface area contributed by atoms with E-state index in [2.05, 4.69) is 15.9 Å². The fourth-order valence-electron chi connectivity index (χ4n) is 2.50. The second-order valence-electron chi connectivity index (χ2n) is 4.91.